The second kappa shape index (κ2) is 8.60. The summed E-state index contributed by atoms with van der Waals surface area (Å²) < 4.78 is 34.1. The molecule has 4 rings (SSSR count). The second-order valence-corrected chi connectivity index (χ2v) is 9.58. The van der Waals surface area contributed by atoms with Crippen molar-refractivity contribution in [3.63, 3.8) is 0 Å². The summed E-state index contributed by atoms with van der Waals surface area (Å²) in [7, 11) is -4.09. The van der Waals surface area contributed by atoms with Crippen molar-refractivity contribution in [1.29, 1.82) is 0 Å². The number of aromatic hydroxyl groups is 1. The Bertz CT molecular complexity index is 1230. The molecule has 160 valence electrons. The van der Waals surface area contributed by atoms with Crippen LogP contribution in [0.5, 0.6) is 17.2 Å². The van der Waals surface area contributed by atoms with Gasteiger partial charge in [0.05, 0.1) is 14.7 Å². The van der Waals surface area contributed by atoms with Crippen molar-refractivity contribution in [1.82, 2.24) is 10.2 Å². The maximum Gasteiger partial charge on any atom is 0.261 e. The molecule has 4 N–H and O–H groups in total. The van der Waals surface area contributed by atoms with Gasteiger partial charge in [0.1, 0.15) is 23.3 Å². The van der Waals surface area contributed by atoms with Gasteiger partial charge in [-0.2, -0.15) is 4.72 Å². The highest BCUT2D eigenvalue weighted by Crippen LogP contribution is 2.47. The Morgan fingerprint density at radius 2 is 1.71 bits per heavy atom. The average Bonchev–Trinajstić information content (AvgIpc) is 2.77. The van der Waals surface area contributed by atoms with Gasteiger partial charge in [0.25, 0.3) is 5.91 Å². The molecular weight excluding hydrogens is 440 g/mol. The molecule has 3 aromatic carbocycles. The van der Waals surface area contributed by atoms with E-state index in [1.165, 1.54) is 41.5 Å². The minimum atomic E-state index is -4.09. The lowest BCUT2D eigenvalue weighted by Crippen LogP contribution is -2.47. The number of hydrogen-bond donors (Lipinski definition) is 4. The lowest BCUT2D eigenvalue weighted by Gasteiger charge is -2.21. The van der Waals surface area contributed by atoms with Crippen LogP contribution in [0.1, 0.15) is 5.56 Å². The SMILES string of the molecule is O=C(NO)C(Cc1ccc(O)cc1)NS(=O)(=O)c1ccc2c(c1)Sc1ccccc1O2. The number of fused-ring (bicyclic) bond motifs is 2. The standard InChI is InChI=1S/C21H18N2O6S2/c24-14-7-5-13(6-8-14)11-16(21(25)22-26)23-31(27,28)15-9-10-18-20(12-15)30-19-4-2-1-3-17(19)29-18/h1-10,12,16,23-24,26H,11H2,(H,22,25). The molecule has 1 amide bonds. The molecule has 0 bridgehead atoms. The first-order chi connectivity index (χ1) is 14.9. The normalized spacial score (nSPS) is 13.5. The van der Waals surface area contributed by atoms with Crippen LogP contribution < -0.4 is 14.9 Å². The molecule has 10 heteroatoms. The molecule has 3 aromatic rings. The van der Waals surface area contributed by atoms with E-state index in [1.807, 2.05) is 24.3 Å². The van der Waals surface area contributed by atoms with E-state index in [9.17, 15) is 18.3 Å². The molecule has 0 saturated carbocycles. The number of carbonyl (C=O) groups excluding carboxylic acids is 1. The third-order valence-electron chi connectivity index (χ3n) is 4.61. The maximum atomic E-state index is 13.0. The molecule has 1 atom stereocenters. The predicted octanol–water partition coefficient (Wildman–Crippen LogP) is 3.04. The van der Waals surface area contributed by atoms with Crippen molar-refractivity contribution < 1.29 is 28.3 Å². The van der Waals surface area contributed by atoms with E-state index in [2.05, 4.69) is 4.72 Å². The number of nitrogens with one attached hydrogen (secondary N) is 2. The Morgan fingerprint density at radius 1 is 1.00 bits per heavy atom. The van der Waals surface area contributed by atoms with Crippen LogP contribution in [0.4, 0.5) is 0 Å². The van der Waals surface area contributed by atoms with Crippen molar-refractivity contribution in [3.05, 3.63) is 72.3 Å². The molecule has 0 aromatic heterocycles. The number of rotatable bonds is 6. The molecule has 0 saturated heterocycles. The van der Waals surface area contributed by atoms with Gasteiger partial charge in [0.15, 0.2) is 0 Å². The van der Waals surface area contributed by atoms with Gasteiger partial charge in [-0.05, 0) is 54.4 Å². The highest BCUT2D eigenvalue weighted by molar-refractivity contribution is 7.99. The van der Waals surface area contributed by atoms with Crippen LogP contribution in [0.3, 0.4) is 0 Å². The first-order valence-corrected chi connectivity index (χ1v) is 11.5. The zero-order chi connectivity index (χ0) is 22.0. The third kappa shape index (κ3) is 4.67. The number of benzene rings is 3. The van der Waals surface area contributed by atoms with Gasteiger partial charge in [0, 0.05) is 0 Å². The zero-order valence-electron chi connectivity index (χ0n) is 16.0. The number of phenolic OH excluding ortho intramolecular Hbond substituents is 1. The van der Waals surface area contributed by atoms with Crippen LogP contribution in [0.15, 0.2) is 81.4 Å². The summed E-state index contributed by atoms with van der Waals surface area (Å²) in [6, 6.07) is 16.6. The van der Waals surface area contributed by atoms with E-state index >= 15 is 0 Å². The van der Waals surface area contributed by atoms with Crippen molar-refractivity contribution >= 4 is 27.7 Å². The molecule has 1 unspecified atom stereocenters. The number of para-hydroxylation sites is 1. The highest BCUT2D eigenvalue weighted by atomic mass is 32.2. The molecule has 0 radical (unpaired) electrons. The Balaban J connectivity index is 1.58. The Hall–Kier alpha value is -3.05. The van der Waals surface area contributed by atoms with Gasteiger partial charge >= 0.3 is 0 Å². The van der Waals surface area contributed by atoms with Crippen LogP contribution in [-0.2, 0) is 21.2 Å². The summed E-state index contributed by atoms with van der Waals surface area (Å²) in [6.45, 7) is 0. The fourth-order valence-corrected chi connectivity index (χ4v) is 5.35. The minimum absolute atomic E-state index is 0.0257. The van der Waals surface area contributed by atoms with Crippen LogP contribution in [0, 0.1) is 0 Å². The molecule has 0 fully saturated rings. The predicted molar refractivity (Wildman–Crippen MR) is 113 cm³/mol. The van der Waals surface area contributed by atoms with Gasteiger partial charge in [-0.3, -0.25) is 10.0 Å². The fraction of sp³-hybridized carbons (Fsp3) is 0.0952. The summed E-state index contributed by atoms with van der Waals surface area (Å²) in [4.78, 5) is 13.6. The van der Waals surface area contributed by atoms with Gasteiger partial charge in [-0.15, -0.1) is 0 Å². The number of amides is 1. The van der Waals surface area contributed by atoms with E-state index in [1.54, 1.807) is 18.2 Å². The minimum Gasteiger partial charge on any atom is -0.508 e. The van der Waals surface area contributed by atoms with Gasteiger partial charge in [0.2, 0.25) is 10.0 Å². The van der Waals surface area contributed by atoms with E-state index in [0.717, 1.165) is 4.90 Å². The molecule has 1 heterocycles. The van der Waals surface area contributed by atoms with Crippen LogP contribution in [0.25, 0.3) is 0 Å². The van der Waals surface area contributed by atoms with E-state index in [4.69, 9.17) is 9.94 Å². The smallest absolute Gasteiger partial charge is 0.261 e. The number of ether oxygens (including phenoxy) is 1. The molecular formula is C21H18N2O6S2. The first-order valence-electron chi connectivity index (χ1n) is 9.19. The third-order valence-corrected chi connectivity index (χ3v) is 7.18. The molecule has 1 aliphatic rings. The Morgan fingerprint density at radius 3 is 2.45 bits per heavy atom. The number of sulfonamides is 1. The Labute approximate surface area is 182 Å². The lowest BCUT2D eigenvalue weighted by molar-refractivity contribution is -0.130. The van der Waals surface area contributed by atoms with Crippen molar-refractivity contribution in [2.24, 2.45) is 0 Å². The number of carbonyl (C=O) groups is 1. The van der Waals surface area contributed by atoms with Gasteiger partial charge in [-0.25, -0.2) is 13.9 Å². The van der Waals surface area contributed by atoms with Crippen molar-refractivity contribution in [2.45, 2.75) is 27.1 Å². The van der Waals surface area contributed by atoms with E-state index < -0.39 is 22.0 Å². The largest absolute Gasteiger partial charge is 0.508 e. The monoisotopic (exact) mass is 458 g/mol. The summed E-state index contributed by atoms with van der Waals surface area (Å²) in [6.07, 6.45) is -0.0257. The quantitative estimate of drug-likeness (QED) is 0.259. The summed E-state index contributed by atoms with van der Waals surface area (Å²) >= 11 is 1.39. The van der Waals surface area contributed by atoms with Crippen LogP contribution in [0.2, 0.25) is 0 Å². The zero-order valence-corrected chi connectivity index (χ0v) is 17.6. The number of hydroxylamine groups is 1. The second-order valence-electron chi connectivity index (χ2n) is 6.78. The Kier molecular flexibility index (Phi) is 5.88. The van der Waals surface area contributed by atoms with Crippen LogP contribution in [-0.4, -0.2) is 30.7 Å². The molecule has 31 heavy (non-hydrogen) atoms. The number of hydrogen-bond acceptors (Lipinski definition) is 7. The van der Waals surface area contributed by atoms with Crippen molar-refractivity contribution in [2.75, 3.05) is 0 Å². The summed E-state index contributed by atoms with van der Waals surface area (Å²) in [5, 5.41) is 18.4. The topological polar surface area (TPSA) is 125 Å². The molecule has 8 nitrogen and oxygen atoms in total. The van der Waals surface area contributed by atoms with E-state index in [-0.39, 0.29) is 17.1 Å². The van der Waals surface area contributed by atoms with Crippen LogP contribution >= 0.6 is 11.8 Å². The summed E-state index contributed by atoms with van der Waals surface area (Å²) in [5.41, 5.74) is 2.09. The first kappa shape index (κ1) is 21.2. The van der Waals surface area contributed by atoms with Crippen molar-refractivity contribution in [3.8, 4) is 17.2 Å². The molecule has 0 aliphatic carbocycles. The molecule has 1 aliphatic heterocycles. The average molecular weight is 459 g/mol. The lowest BCUT2D eigenvalue weighted by atomic mass is 10.1. The fourth-order valence-electron chi connectivity index (χ4n) is 3.06. The van der Waals surface area contributed by atoms with Gasteiger partial charge in [-0.1, -0.05) is 36.0 Å². The van der Waals surface area contributed by atoms with E-state index in [0.29, 0.717) is 22.0 Å². The summed E-state index contributed by atoms with van der Waals surface area (Å²) in [5.74, 6) is 0.378. The number of phenols is 1. The molecule has 0 spiro atoms. The highest BCUT2D eigenvalue weighted by Gasteiger charge is 2.27. The van der Waals surface area contributed by atoms with Gasteiger partial charge < -0.3 is 9.84 Å². The maximum absolute atomic E-state index is 13.0.